The molecule has 1 fully saturated rings. The Morgan fingerprint density at radius 3 is 2.65 bits per heavy atom. The number of hydrogen-bond donors (Lipinski definition) is 1. The van der Waals surface area contributed by atoms with Crippen molar-refractivity contribution in [1.29, 1.82) is 0 Å². The zero-order chi connectivity index (χ0) is 14.4. The van der Waals surface area contributed by atoms with Crippen LogP contribution in [0.25, 0.3) is 0 Å². The maximum atomic E-state index is 12.3. The van der Waals surface area contributed by atoms with Gasteiger partial charge in [-0.05, 0) is 37.9 Å². The molecule has 1 unspecified atom stereocenters. The number of aliphatic hydroxyl groups is 1. The molecule has 0 aliphatic carbocycles. The summed E-state index contributed by atoms with van der Waals surface area (Å²) >= 11 is 0. The van der Waals surface area contributed by atoms with Crippen molar-refractivity contribution in [2.24, 2.45) is 0 Å². The molecule has 1 aromatic rings. The van der Waals surface area contributed by atoms with E-state index < -0.39 is 9.84 Å². The Kier molecular flexibility index (Phi) is 5.57. The average Bonchev–Trinajstić information content (AvgIpc) is 2.48. The van der Waals surface area contributed by atoms with Crippen molar-refractivity contribution < 1.29 is 13.5 Å². The van der Waals surface area contributed by atoms with Crippen LogP contribution in [0.3, 0.4) is 0 Å². The van der Waals surface area contributed by atoms with Crippen molar-refractivity contribution in [3.05, 3.63) is 30.3 Å². The van der Waals surface area contributed by atoms with Gasteiger partial charge in [-0.15, -0.1) is 0 Å². The zero-order valence-electron chi connectivity index (χ0n) is 11.7. The molecule has 0 radical (unpaired) electrons. The first-order chi connectivity index (χ1) is 9.63. The molecule has 0 saturated carbocycles. The van der Waals surface area contributed by atoms with Gasteiger partial charge in [0.05, 0.1) is 10.6 Å². The molecule has 0 bridgehead atoms. The molecule has 1 atom stereocenters. The minimum absolute atomic E-state index is 0.152. The van der Waals surface area contributed by atoms with Crippen LogP contribution >= 0.6 is 0 Å². The molecule has 4 nitrogen and oxygen atoms in total. The Hall–Kier alpha value is -0.910. The summed E-state index contributed by atoms with van der Waals surface area (Å²) < 4.78 is 24.5. The SMILES string of the molecule is O=S(=O)(CCN1CCCCC1CCO)c1ccccc1. The Morgan fingerprint density at radius 1 is 1.20 bits per heavy atom. The first-order valence-corrected chi connectivity index (χ1v) is 8.91. The Labute approximate surface area is 121 Å². The second-order valence-corrected chi connectivity index (χ2v) is 7.44. The highest BCUT2D eigenvalue weighted by Gasteiger charge is 2.24. The van der Waals surface area contributed by atoms with Gasteiger partial charge in [0.25, 0.3) is 0 Å². The zero-order valence-corrected chi connectivity index (χ0v) is 12.6. The molecule has 1 aliphatic rings. The smallest absolute Gasteiger partial charge is 0.179 e. The lowest BCUT2D eigenvalue weighted by atomic mass is 10.00. The molecule has 0 aromatic heterocycles. The number of piperidine rings is 1. The van der Waals surface area contributed by atoms with Gasteiger partial charge in [-0.1, -0.05) is 24.6 Å². The Bertz CT molecular complexity index is 499. The summed E-state index contributed by atoms with van der Waals surface area (Å²) in [6.07, 6.45) is 4.09. The quantitative estimate of drug-likeness (QED) is 0.868. The van der Waals surface area contributed by atoms with Crippen molar-refractivity contribution in [1.82, 2.24) is 4.90 Å². The van der Waals surface area contributed by atoms with Gasteiger partial charge in [-0.25, -0.2) is 8.42 Å². The molecule has 0 amide bonds. The van der Waals surface area contributed by atoms with E-state index in [1.54, 1.807) is 24.3 Å². The van der Waals surface area contributed by atoms with Gasteiger partial charge in [0, 0.05) is 19.2 Å². The minimum Gasteiger partial charge on any atom is -0.396 e. The third-order valence-corrected chi connectivity index (χ3v) is 5.67. The molecule has 1 aliphatic heterocycles. The highest BCUT2D eigenvalue weighted by Crippen LogP contribution is 2.20. The number of aliphatic hydroxyl groups excluding tert-OH is 1. The van der Waals surface area contributed by atoms with Crippen LogP contribution in [0.2, 0.25) is 0 Å². The van der Waals surface area contributed by atoms with Gasteiger partial charge >= 0.3 is 0 Å². The largest absolute Gasteiger partial charge is 0.396 e. The van der Waals surface area contributed by atoms with Crippen LogP contribution in [0.1, 0.15) is 25.7 Å². The van der Waals surface area contributed by atoms with Crippen LogP contribution in [-0.4, -0.2) is 49.9 Å². The van der Waals surface area contributed by atoms with Crippen LogP contribution in [0.4, 0.5) is 0 Å². The van der Waals surface area contributed by atoms with Crippen LogP contribution in [0.15, 0.2) is 35.2 Å². The van der Waals surface area contributed by atoms with E-state index in [9.17, 15) is 8.42 Å². The Balaban J connectivity index is 1.96. The van der Waals surface area contributed by atoms with E-state index in [4.69, 9.17) is 5.11 Å². The Morgan fingerprint density at radius 2 is 1.95 bits per heavy atom. The molecule has 5 heteroatoms. The predicted molar refractivity (Wildman–Crippen MR) is 79.4 cm³/mol. The summed E-state index contributed by atoms with van der Waals surface area (Å²) in [6.45, 7) is 1.67. The van der Waals surface area contributed by atoms with Gasteiger partial charge in [-0.3, -0.25) is 4.90 Å². The summed E-state index contributed by atoms with van der Waals surface area (Å²) in [6, 6.07) is 8.96. The maximum absolute atomic E-state index is 12.3. The molecule has 1 heterocycles. The summed E-state index contributed by atoms with van der Waals surface area (Å²) in [7, 11) is -3.20. The fourth-order valence-electron chi connectivity index (χ4n) is 2.81. The summed E-state index contributed by atoms with van der Waals surface area (Å²) in [5.41, 5.74) is 0. The first kappa shape index (κ1) is 15.5. The number of sulfone groups is 1. The predicted octanol–water partition coefficient (Wildman–Crippen LogP) is 1.70. The fourth-order valence-corrected chi connectivity index (χ4v) is 4.10. The lowest BCUT2D eigenvalue weighted by Gasteiger charge is -2.35. The van der Waals surface area contributed by atoms with Gasteiger partial charge in [-0.2, -0.15) is 0 Å². The van der Waals surface area contributed by atoms with E-state index >= 15 is 0 Å². The number of rotatable bonds is 6. The second kappa shape index (κ2) is 7.20. The number of benzene rings is 1. The summed E-state index contributed by atoms with van der Waals surface area (Å²) in [4.78, 5) is 2.62. The van der Waals surface area contributed by atoms with Crippen molar-refractivity contribution in [2.45, 2.75) is 36.6 Å². The van der Waals surface area contributed by atoms with Gasteiger partial charge < -0.3 is 5.11 Å². The number of hydrogen-bond acceptors (Lipinski definition) is 4. The van der Waals surface area contributed by atoms with Crippen molar-refractivity contribution in [3.63, 3.8) is 0 Å². The molecule has 1 saturated heterocycles. The molecule has 1 N–H and O–H groups in total. The highest BCUT2D eigenvalue weighted by molar-refractivity contribution is 7.91. The first-order valence-electron chi connectivity index (χ1n) is 7.26. The average molecular weight is 297 g/mol. The lowest BCUT2D eigenvalue weighted by Crippen LogP contribution is -2.42. The third kappa shape index (κ3) is 4.04. The number of likely N-dealkylation sites (tertiary alicyclic amines) is 1. The maximum Gasteiger partial charge on any atom is 0.179 e. The molecule has 2 rings (SSSR count). The van der Waals surface area contributed by atoms with E-state index in [2.05, 4.69) is 4.90 Å². The van der Waals surface area contributed by atoms with E-state index in [1.807, 2.05) is 6.07 Å². The van der Waals surface area contributed by atoms with Crippen LogP contribution < -0.4 is 0 Å². The van der Waals surface area contributed by atoms with Crippen molar-refractivity contribution in [2.75, 3.05) is 25.4 Å². The number of nitrogens with zero attached hydrogens (tertiary/aromatic N) is 1. The summed E-state index contributed by atoms with van der Waals surface area (Å²) in [5, 5.41) is 9.10. The molecule has 112 valence electrons. The van der Waals surface area contributed by atoms with Crippen LogP contribution in [0.5, 0.6) is 0 Å². The van der Waals surface area contributed by atoms with Gasteiger partial charge in [0.1, 0.15) is 0 Å². The van der Waals surface area contributed by atoms with Crippen molar-refractivity contribution >= 4 is 9.84 Å². The fraction of sp³-hybridized carbons (Fsp3) is 0.600. The molecule has 0 spiro atoms. The van der Waals surface area contributed by atoms with E-state index in [-0.39, 0.29) is 12.4 Å². The normalized spacial score (nSPS) is 20.9. The highest BCUT2D eigenvalue weighted by atomic mass is 32.2. The lowest BCUT2D eigenvalue weighted by molar-refractivity contribution is 0.126. The standard InChI is InChI=1S/C15H23NO3S/c17-12-9-14-6-4-5-10-16(14)11-13-20(18,19)15-7-2-1-3-8-15/h1-3,7-8,14,17H,4-6,9-13H2. The second-order valence-electron chi connectivity index (χ2n) is 5.33. The molecular formula is C15H23NO3S. The molecule has 1 aromatic carbocycles. The van der Waals surface area contributed by atoms with E-state index in [1.165, 1.54) is 6.42 Å². The third-order valence-electron chi connectivity index (χ3n) is 3.96. The minimum atomic E-state index is -3.20. The van der Waals surface area contributed by atoms with Crippen molar-refractivity contribution in [3.8, 4) is 0 Å². The monoisotopic (exact) mass is 297 g/mol. The van der Waals surface area contributed by atoms with E-state index in [0.717, 1.165) is 25.8 Å². The van der Waals surface area contributed by atoms with E-state index in [0.29, 0.717) is 17.5 Å². The van der Waals surface area contributed by atoms with Crippen LogP contribution in [-0.2, 0) is 9.84 Å². The summed E-state index contributed by atoms with van der Waals surface area (Å²) in [5.74, 6) is 0.152. The van der Waals surface area contributed by atoms with Gasteiger partial charge in [0.15, 0.2) is 9.84 Å². The molecule has 20 heavy (non-hydrogen) atoms. The topological polar surface area (TPSA) is 57.6 Å². The molecular weight excluding hydrogens is 274 g/mol. The van der Waals surface area contributed by atoms with Crippen LogP contribution in [0, 0.1) is 0 Å². The van der Waals surface area contributed by atoms with Gasteiger partial charge in [0.2, 0.25) is 0 Å².